The summed E-state index contributed by atoms with van der Waals surface area (Å²) in [5, 5.41) is 12.0. The van der Waals surface area contributed by atoms with Crippen LogP contribution in [-0.2, 0) is 0 Å². The normalized spacial score (nSPS) is 18.1. The average molecular weight is 249 g/mol. The van der Waals surface area contributed by atoms with Crippen LogP contribution in [-0.4, -0.2) is 42.8 Å². The quantitative estimate of drug-likeness (QED) is 0.749. The molecule has 0 aromatic carbocycles. The molecule has 0 radical (unpaired) electrons. The van der Waals surface area contributed by atoms with E-state index in [1.54, 1.807) is 6.92 Å². The van der Waals surface area contributed by atoms with Gasteiger partial charge in [-0.1, -0.05) is 6.92 Å². The topological polar surface area (TPSA) is 39.1 Å². The zero-order valence-corrected chi connectivity index (χ0v) is 9.93. The van der Waals surface area contributed by atoms with Gasteiger partial charge in [0, 0.05) is 12.6 Å². The van der Waals surface area contributed by atoms with Crippen molar-refractivity contribution in [2.75, 3.05) is 19.6 Å². The molecule has 1 atom stereocenters. The fourth-order valence-electron chi connectivity index (χ4n) is 1.63. The molecule has 1 unspecified atom stereocenters. The van der Waals surface area contributed by atoms with E-state index in [2.05, 4.69) is 11.4 Å². The summed E-state index contributed by atoms with van der Waals surface area (Å²) in [6, 6.07) is 2.17. The van der Waals surface area contributed by atoms with E-state index >= 15 is 0 Å². The fraction of sp³-hybridized carbons (Fsp3) is 0.909. The Morgan fingerprint density at radius 3 is 2.53 bits per heavy atom. The van der Waals surface area contributed by atoms with Gasteiger partial charge in [0.2, 0.25) is 0 Å². The van der Waals surface area contributed by atoms with Gasteiger partial charge in [-0.25, -0.2) is 0 Å². The largest absolute Gasteiger partial charge is 0.401 e. The Bertz CT molecular complexity index is 268. The standard InChI is InChI=1S/C11H18F3N3/c1-2-17(8-11(12,13)14)6-5-10(7-15)16-9-3-4-9/h9-10,16H,2-6,8H2,1H3. The van der Waals surface area contributed by atoms with Gasteiger partial charge in [-0.3, -0.25) is 10.2 Å². The van der Waals surface area contributed by atoms with E-state index in [1.807, 2.05) is 0 Å². The van der Waals surface area contributed by atoms with Crippen LogP contribution in [0, 0.1) is 11.3 Å². The number of hydrogen-bond acceptors (Lipinski definition) is 3. The van der Waals surface area contributed by atoms with Crippen LogP contribution in [0.2, 0.25) is 0 Å². The number of alkyl halides is 3. The summed E-state index contributed by atoms with van der Waals surface area (Å²) in [5.41, 5.74) is 0. The summed E-state index contributed by atoms with van der Waals surface area (Å²) in [6.07, 6.45) is -1.59. The molecule has 0 saturated heterocycles. The molecule has 1 aliphatic rings. The van der Waals surface area contributed by atoms with E-state index in [0.717, 1.165) is 12.8 Å². The minimum atomic E-state index is -4.16. The molecule has 1 saturated carbocycles. The van der Waals surface area contributed by atoms with Crippen LogP contribution in [0.25, 0.3) is 0 Å². The van der Waals surface area contributed by atoms with Gasteiger partial charge in [0.15, 0.2) is 0 Å². The number of nitrogens with one attached hydrogen (secondary N) is 1. The monoisotopic (exact) mass is 249 g/mol. The van der Waals surface area contributed by atoms with Crippen molar-refractivity contribution in [2.45, 2.75) is 44.4 Å². The first kappa shape index (κ1) is 14.3. The third-order valence-electron chi connectivity index (χ3n) is 2.75. The lowest BCUT2D eigenvalue weighted by Gasteiger charge is -2.23. The molecule has 6 heteroatoms. The maximum Gasteiger partial charge on any atom is 0.401 e. The molecule has 98 valence electrons. The molecule has 0 bridgehead atoms. The molecule has 1 fully saturated rings. The summed E-state index contributed by atoms with van der Waals surface area (Å²) in [4.78, 5) is 1.32. The maximum atomic E-state index is 12.2. The summed E-state index contributed by atoms with van der Waals surface area (Å²) < 4.78 is 36.6. The Labute approximate surface area is 99.6 Å². The van der Waals surface area contributed by atoms with Gasteiger partial charge in [0.1, 0.15) is 0 Å². The highest BCUT2D eigenvalue weighted by Gasteiger charge is 2.30. The molecule has 1 rings (SSSR count). The predicted molar refractivity (Wildman–Crippen MR) is 58.3 cm³/mol. The molecule has 3 nitrogen and oxygen atoms in total. The molecular formula is C11H18F3N3. The maximum absolute atomic E-state index is 12.2. The SMILES string of the molecule is CCN(CCC(C#N)NC1CC1)CC(F)(F)F. The smallest absolute Gasteiger partial charge is 0.299 e. The molecule has 0 spiro atoms. The Morgan fingerprint density at radius 1 is 1.47 bits per heavy atom. The van der Waals surface area contributed by atoms with Crippen LogP contribution in [0.4, 0.5) is 13.2 Å². The predicted octanol–water partition coefficient (Wildman–Crippen LogP) is 1.90. The van der Waals surface area contributed by atoms with Crippen molar-refractivity contribution in [3.63, 3.8) is 0 Å². The van der Waals surface area contributed by atoms with E-state index < -0.39 is 12.7 Å². The second-order valence-electron chi connectivity index (χ2n) is 4.40. The number of nitriles is 1. The molecule has 0 aromatic rings. The number of halogens is 3. The van der Waals surface area contributed by atoms with Crippen LogP contribution in [0.3, 0.4) is 0 Å². The van der Waals surface area contributed by atoms with Gasteiger partial charge in [0.05, 0.1) is 18.7 Å². The first-order valence-corrected chi connectivity index (χ1v) is 5.89. The molecule has 0 heterocycles. The van der Waals surface area contributed by atoms with Gasteiger partial charge < -0.3 is 0 Å². The molecule has 0 amide bonds. The van der Waals surface area contributed by atoms with Crippen molar-refractivity contribution in [2.24, 2.45) is 0 Å². The highest BCUT2D eigenvalue weighted by Crippen LogP contribution is 2.20. The van der Waals surface area contributed by atoms with Crippen molar-refractivity contribution >= 4 is 0 Å². The van der Waals surface area contributed by atoms with Crippen molar-refractivity contribution < 1.29 is 13.2 Å². The molecular weight excluding hydrogens is 231 g/mol. The molecule has 1 N–H and O–H groups in total. The third-order valence-corrected chi connectivity index (χ3v) is 2.75. The number of hydrogen-bond donors (Lipinski definition) is 1. The van der Waals surface area contributed by atoms with E-state index in [1.165, 1.54) is 4.90 Å². The van der Waals surface area contributed by atoms with Gasteiger partial charge in [-0.15, -0.1) is 0 Å². The highest BCUT2D eigenvalue weighted by molar-refractivity contribution is 4.96. The van der Waals surface area contributed by atoms with Crippen LogP contribution in [0.1, 0.15) is 26.2 Å². The summed E-state index contributed by atoms with van der Waals surface area (Å²) in [7, 11) is 0. The number of nitrogens with zero attached hydrogens (tertiary/aromatic N) is 2. The Balaban J connectivity index is 2.27. The third kappa shape index (κ3) is 6.49. The van der Waals surface area contributed by atoms with Gasteiger partial charge in [-0.2, -0.15) is 18.4 Å². The van der Waals surface area contributed by atoms with Gasteiger partial charge >= 0.3 is 6.18 Å². The van der Waals surface area contributed by atoms with Gasteiger partial charge in [-0.05, 0) is 25.8 Å². The zero-order valence-electron chi connectivity index (χ0n) is 9.93. The van der Waals surface area contributed by atoms with Crippen molar-refractivity contribution in [3.05, 3.63) is 0 Å². The zero-order chi connectivity index (χ0) is 12.9. The van der Waals surface area contributed by atoms with Crippen LogP contribution in [0.5, 0.6) is 0 Å². The minimum Gasteiger partial charge on any atom is -0.299 e. The van der Waals surface area contributed by atoms with Crippen LogP contribution in [0.15, 0.2) is 0 Å². The van der Waals surface area contributed by atoms with Crippen molar-refractivity contribution in [3.8, 4) is 6.07 Å². The molecule has 0 aromatic heterocycles. The fourth-order valence-corrected chi connectivity index (χ4v) is 1.63. The van der Waals surface area contributed by atoms with Crippen molar-refractivity contribution in [1.82, 2.24) is 10.2 Å². The molecule has 17 heavy (non-hydrogen) atoms. The summed E-state index contributed by atoms with van der Waals surface area (Å²) in [6.45, 7) is 1.45. The molecule has 0 aliphatic heterocycles. The highest BCUT2D eigenvalue weighted by atomic mass is 19.4. The van der Waals surface area contributed by atoms with Gasteiger partial charge in [0.25, 0.3) is 0 Å². The second-order valence-corrected chi connectivity index (χ2v) is 4.40. The summed E-state index contributed by atoms with van der Waals surface area (Å²) >= 11 is 0. The Kier molecular flexibility index (Phi) is 5.22. The van der Waals surface area contributed by atoms with E-state index in [-0.39, 0.29) is 6.04 Å². The first-order valence-electron chi connectivity index (χ1n) is 5.89. The molecule has 1 aliphatic carbocycles. The average Bonchev–Trinajstić information content (AvgIpc) is 3.04. The minimum absolute atomic E-state index is 0.300. The van der Waals surface area contributed by atoms with Crippen LogP contribution < -0.4 is 5.32 Å². The Morgan fingerprint density at radius 2 is 2.12 bits per heavy atom. The Hall–Kier alpha value is -0.800. The van der Waals surface area contributed by atoms with Crippen LogP contribution >= 0.6 is 0 Å². The van der Waals surface area contributed by atoms with E-state index in [0.29, 0.717) is 25.6 Å². The van der Waals surface area contributed by atoms with E-state index in [4.69, 9.17) is 5.26 Å². The summed E-state index contributed by atoms with van der Waals surface area (Å²) in [5.74, 6) is 0. The lowest BCUT2D eigenvalue weighted by atomic mass is 10.2. The first-order chi connectivity index (χ1) is 7.94. The second kappa shape index (κ2) is 6.22. The van der Waals surface area contributed by atoms with E-state index in [9.17, 15) is 13.2 Å². The van der Waals surface area contributed by atoms with Crippen molar-refractivity contribution in [1.29, 1.82) is 5.26 Å². The number of rotatable bonds is 7. The lowest BCUT2D eigenvalue weighted by Crippen LogP contribution is -2.38. The lowest BCUT2D eigenvalue weighted by molar-refractivity contribution is -0.145.